The first-order valence-electron chi connectivity index (χ1n) is 10.8. The Kier molecular flexibility index (Phi) is 7.46. The molecule has 0 saturated heterocycles. The highest BCUT2D eigenvalue weighted by molar-refractivity contribution is 5.64. The number of oxazole rings is 1. The van der Waals surface area contributed by atoms with Crippen LogP contribution in [-0.4, -0.2) is 39.5 Å². The van der Waals surface area contributed by atoms with Gasteiger partial charge in [-0.25, -0.2) is 4.98 Å². The molecule has 2 N–H and O–H groups in total. The van der Waals surface area contributed by atoms with Crippen LogP contribution >= 0.6 is 0 Å². The number of aryl methyl sites for hydroxylation is 3. The van der Waals surface area contributed by atoms with E-state index in [1.165, 1.54) is 0 Å². The van der Waals surface area contributed by atoms with Crippen molar-refractivity contribution in [1.29, 1.82) is 0 Å². The summed E-state index contributed by atoms with van der Waals surface area (Å²) < 4.78 is 11.9. The van der Waals surface area contributed by atoms with Crippen LogP contribution in [0.2, 0.25) is 0 Å². The maximum absolute atomic E-state index is 9.60. The van der Waals surface area contributed by atoms with Gasteiger partial charge in [0.2, 0.25) is 5.89 Å². The zero-order chi connectivity index (χ0) is 22.5. The fourth-order valence-corrected chi connectivity index (χ4v) is 3.62. The minimum absolute atomic E-state index is 0.0486. The van der Waals surface area contributed by atoms with Crippen molar-refractivity contribution >= 4 is 0 Å². The van der Waals surface area contributed by atoms with E-state index < -0.39 is 6.10 Å². The number of nitrogens with zero attached hydrogens (tertiary/aromatic N) is 2. The van der Waals surface area contributed by atoms with E-state index in [-0.39, 0.29) is 13.2 Å². The summed E-state index contributed by atoms with van der Waals surface area (Å²) in [5.74, 6) is 2.53. The van der Waals surface area contributed by atoms with Gasteiger partial charge in [-0.05, 0) is 68.0 Å². The van der Waals surface area contributed by atoms with Crippen molar-refractivity contribution in [3.63, 3.8) is 0 Å². The van der Waals surface area contributed by atoms with Gasteiger partial charge in [0.15, 0.2) is 5.76 Å². The molecule has 1 atom stereocenters. The molecular weight excluding hydrogens is 392 g/mol. The summed E-state index contributed by atoms with van der Waals surface area (Å²) >= 11 is 0. The van der Waals surface area contributed by atoms with Gasteiger partial charge in [-0.15, -0.1) is 0 Å². The van der Waals surface area contributed by atoms with Crippen molar-refractivity contribution < 1.29 is 19.4 Å². The second-order valence-corrected chi connectivity index (χ2v) is 8.40. The van der Waals surface area contributed by atoms with Gasteiger partial charge in [0, 0.05) is 22.5 Å². The van der Waals surface area contributed by atoms with Gasteiger partial charge in [-0.3, -0.25) is 4.98 Å². The van der Waals surface area contributed by atoms with Crippen molar-refractivity contribution in [1.82, 2.24) is 9.97 Å². The zero-order valence-corrected chi connectivity index (χ0v) is 19.0. The second-order valence-electron chi connectivity index (χ2n) is 8.40. The lowest BCUT2D eigenvalue weighted by Gasteiger charge is -2.16. The van der Waals surface area contributed by atoms with Crippen LogP contribution in [0.15, 0.2) is 34.9 Å². The van der Waals surface area contributed by atoms with Crippen LogP contribution in [0, 0.1) is 19.8 Å². The molecule has 3 aromatic rings. The van der Waals surface area contributed by atoms with Gasteiger partial charge < -0.3 is 19.4 Å². The minimum atomic E-state index is -0.900. The van der Waals surface area contributed by atoms with Crippen LogP contribution in [0.4, 0.5) is 0 Å². The Labute approximate surface area is 183 Å². The molecule has 2 heterocycles. The topological polar surface area (TPSA) is 88.6 Å². The molecule has 0 aliphatic rings. The fourth-order valence-electron chi connectivity index (χ4n) is 3.62. The monoisotopic (exact) mass is 424 g/mol. The molecule has 166 valence electrons. The normalized spacial score (nSPS) is 12.4. The van der Waals surface area contributed by atoms with Crippen molar-refractivity contribution in [2.24, 2.45) is 5.92 Å². The molecule has 0 saturated carbocycles. The van der Waals surface area contributed by atoms with Gasteiger partial charge in [0.05, 0.1) is 12.8 Å². The Morgan fingerprint density at radius 1 is 1.10 bits per heavy atom. The molecular formula is C25H32N2O4. The molecule has 6 nitrogen and oxygen atoms in total. The lowest BCUT2D eigenvalue weighted by atomic mass is 10.0. The number of hydrogen-bond donors (Lipinski definition) is 2. The average molecular weight is 425 g/mol. The largest absolute Gasteiger partial charge is 0.490 e. The Balaban J connectivity index is 1.90. The predicted octanol–water partition coefficient (Wildman–Crippen LogP) is 4.51. The van der Waals surface area contributed by atoms with Crippen LogP contribution in [-0.2, 0) is 12.8 Å². The highest BCUT2D eigenvalue weighted by Gasteiger charge is 2.16. The van der Waals surface area contributed by atoms with Gasteiger partial charge in [-0.1, -0.05) is 20.8 Å². The quantitative estimate of drug-likeness (QED) is 0.525. The number of benzene rings is 1. The van der Waals surface area contributed by atoms with E-state index in [2.05, 4.69) is 29.9 Å². The smallest absolute Gasteiger partial charge is 0.226 e. The molecule has 6 heteroatoms. The van der Waals surface area contributed by atoms with Gasteiger partial charge in [0.1, 0.15) is 18.5 Å². The van der Waals surface area contributed by atoms with E-state index in [0.717, 1.165) is 52.2 Å². The van der Waals surface area contributed by atoms with Gasteiger partial charge in [-0.2, -0.15) is 0 Å². The van der Waals surface area contributed by atoms with E-state index in [1.54, 1.807) is 6.20 Å². The summed E-state index contributed by atoms with van der Waals surface area (Å²) in [6.07, 6.45) is 2.53. The number of hydrogen-bond acceptors (Lipinski definition) is 6. The molecule has 31 heavy (non-hydrogen) atoms. The highest BCUT2D eigenvalue weighted by atomic mass is 16.5. The van der Waals surface area contributed by atoms with Gasteiger partial charge >= 0.3 is 0 Å². The average Bonchev–Trinajstić information content (AvgIpc) is 3.21. The Hall–Kier alpha value is -2.70. The molecule has 0 amide bonds. The molecule has 0 aliphatic carbocycles. The van der Waals surface area contributed by atoms with Crippen molar-refractivity contribution in [2.45, 2.75) is 53.6 Å². The highest BCUT2D eigenvalue weighted by Crippen LogP contribution is 2.33. The number of rotatable bonds is 9. The van der Waals surface area contributed by atoms with E-state index >= 15 is 0 Å². The molecule has 0 fully saturated rings. The van der Waals surface area contributed by atoms with Crippen LogP contribution < -0.4 is 4.74 Å². The SMILES string of the molecule is CCc1cc(-c2ncc(-c3cc(C)nc(CC(C)C)c3)o2)cc(C)c1OCC(O)CO. The van der Waals surface area contributed by atoms with Crippen molar-refractivity contribution in [3.05, 3.63) is 53.0 Å². The molecule has 3 rings (SSSR count). The van der Waals surface area contributed by atoms with E-state index in [1.807, 2.05) is 39.0 Å². The number of ether oxygens (including phenoxy) is 1. The number of aliphatic hydroxyl groups is 2. The summed E-state index contributed by atoms with van der Waals surface area (Å²) in [4.78, 5) is 9.15. The summed E-state index contributed by atoms with van der Waals surface area (Å²) in [7, 11) is 0. The summed E-state index contributed by atoms with van der Waals surface area (Å²) in [6, 6.07) is 8.06. The Bertz CT molecular complexity index is 1030. The molecule has 0 aliphatic heterocycles. The third-order valence-corrected chi connectivity index (χ3v) is 5.02. The van der Waals surface area contributed by atoms with Crippen LogP contribution in [0.1, 0.15) is 43.3 Å². The van der Waals surface area contributed by atoms with Crippen molar-refractivity contribution in [3.8, 4) is 28.5 Å². The third kappa shape index (κ3) is 5.71. The molecule has 2 aromatic heterocycles. The first kappa shape index (κ1) is 23.0. The van der Waals surface area contributed by atoms with Crippen LogP contribution in [0.5, 0.6) is 5.75 Å². The Morgan fingerprint density at radius 3 is 2.55 bits per heavy atom. The number of aromatic nitrogens is 2. The predicted molar refractivity (Wildman–Crippen MR) is 121 cm³/mol. The second kappa shape index (κ2) is 10.1. The molecule has 0 bridgehead atoms. The molecule has 1 aromatic carbocycles. The van der Waals surface area contributed by atoms with E-state index in [9.17, 15) is 5.11 Å². The maximum atomic E-state index is 9.60. The lowest BCUT2D eigenvalue weighted by molar-refractivity contribution is 0.0531. The summed E-state index contributed by atoms with van der Waals surface area (Å²) in [5.41, 5.74) is 5.80. The van der Waals surface area contributed by atoms with Gasteiger partial charge in [0.25, 0.3) is 0 Å². The number of pyridine rings is 1. The fraction of sp³-hybridized carbons (Fsp3) is 0.440. The first-order chi connectivity index (χ1) is 14.8. The van der Waals surface area contributed by atoms with E-state index in [4.69, 9.17) is 14.3 Å². The summed E-state index contributed by atoms with van der Waals surface area (Å²) in [6.45, 7) is 10.1. The van der Waals surface area contributed by atoms with Crippen molar-refractivity contribution in [2.75, 3.05) is 13.2 Å². The molecule has 1 unspecified atom stereocenters. The van der Waals surface area contributed by atoms with E-state index in [0.29, 0.717) is 17.6 Å². The standard InChI is InChI=1S/C25H32N2O4/c1-6-18-10-20(8-16(4)24(18)30-14-22(29)13-28)25-26-12-23(31-25)19-9-17(5)27-21(11-19)7-15(2)3/h8-12,15,22,28-29H,6-7,13-14H2,1-5H3. The lowest BCUT2D eigenvalue weighted by Crippen LogP contribution is -2.22. The van der Waals surface area contributed by atoms with Crippen LogP contribution in [0.3, 0.4) is 0 Å². The third-order valence-electron chi connectivity index (χ3n) is 5.02. The minimum Gasteiger partial charge on any atom is -0.490 e. The summed E-state index contributed by atoms with van der Waals surface area (Å²) in [5, 5.41) is 18.6. The zero-order valence-electron chi connectivity index (χ0n) is 19.0. The van der Waals surface area contributed by atoms with Crippen LogP contribution in [0.25, 0.3) is 22.8 Å². The Morgan fingerprint density at radius 2 is 1.87 bits per heavy atom. The first-order valence-corrected chi connectivity index (χ1v) is 10.8. The molecule has 0 spiro atoms. The number of aliphatic hydroxyl groups excluding tert-OH is 2. The maximum Gasteiger partial charge on any atom is 0.226 e. The molecule has 0 radical (unpaired) electrons.